The molecule has 0 aliphatic carbocycles. The maximum absolute atomic E-state index is 12.7. The molecule has 0 spiro atoms. The molecule has 0 bridgehead atoms. The molecule has 1 aliphatic rings. The van der Waals surface area contributed by atoms with Gasteiger partial charge in [0.05, 0.1) is 30.6 Å². The van der Waals surface area contributed by atoms with Gasteiger partial charge in [0, 0.05) is 26.6 Å². The maximum Gasteiger partial charge on any atom is 0.258 e. The molecule has 3 rings (SSSR count). The lowest BCUT2D eigenvalue weighted by atomic mass is 10.2. The smallest absolute Gasteiger partial charge is 0.258 e. The number of hydrogen-bond donors (Lipinski definition) is 1. The first-order valence-electron chi connectivity index (χ1n) is 8.61. The molecular weight excluding hydrogens is 336 g/mol. The summed E-state index contributed by atoms with van der Waals surface area (Å²) in [4.78, 5) is 46.9. The highest BCUT2D eigenvalue weighted by Crippen LogP contribution is 2.11. The number of ether oxygens (including phenoxy) is 1. The van der Waals surface area contributed by atoms with Gasteiger partial charge in [-0.15, -0.1) is 0 Å². The zero-order valence-corrected chi connectivity index (χ0v) is 14.7. The fourth-order valence-electron chi connectivity index (χ4n) is 3.02. The third-order valence-corrected chi connectivity index (χ3v) is 4.42. The zero-order chi connectivity index (χ0) is 18.5. The molecule has 0 radical (unpaired) electrons. The summed E-state index contributed by atoms with van der Waals surface area (Å²) < 4.78 is 5.08. The minimum atomic E-state index is -0.237. The molecule has 2 heterocycles. The Morgan fingerprint density at radius 3 is 2.88 bits per heavy atom. The van der Waals surface area contributed by atoms with Crippen LogP contribution in [0, 0.1) is 0 Å². The number of aromatic nitrogens is 2. The second kappa shape index (κ2) is 8.09. The molecule has 26 heavy (non-hydrogen) atoms. The van der Waals surface area contributed by atoms with Gasteiger partial charge in [-0.2, -0.15) is 0 Å². The third-order valence-electron chi connectivity index (χ3n) is 4.42. The van der Waals surface area contributed by atoms with Crippen LogP contribution in [0.25, 0.3) is 10.9 Å². The summed E-state index contributed by atoms with van der Waals surface area (Å²) in [6.45, 7) is 1.52. The van der Waals surface area contributed by atoms with E-state index in [1.165, 1.54) is 0 Å². The maximum atomic E-state index is 12.7. The van der Waals surface area contributed by atoms with Crippen LogP contribution in [0.3, 0.4) is 0 Å². The van der Waals surface area contributed by atoms with Crippen molar-refractivity contribution in [1.29, 1.82) is 0 Å². The zero-order valence-electron chi connectivity index (χ0n) is 14.7. The van der Waals surface area contributed by atoms with Crippen molar-refractivity contribution in [3.63, 3.8) is 0 Å². The molecule has 2 amide bonds. The number of amides is 2. The third kappa shape index (κ3) is 4.08. The standard InChI is InChI=1S/C18H22N4O4/c1-26-10-9-22(17(24)12-21-8-4-7-16(21)23)11-15-19-14-6-3-2-5-13(14)18(25)20-15/h2-3,5-6H,4,7-12H2,1H3,(H,19,20,25). The van der Waals surface area contributed by atoms with E-state index in [9.17, 15) is 14.4 Å². The van der Waals surface area contributed by atoms with Gasteiger partial charge in [-0.1, -0.05) is 12.1 Å². The van der Waals surface area contributed by atoms with Crippen molar-refractivity contribution < 1.29 is 14.3 Å². The summed E-state index contributed by atoms with van der Waals surface area (Å²) in [6, 6.07) is 7.06. The summed E-state index contributed by atoms with van der Waals surface area (Å²) in [5.74, 6) is 0.223. The number of hydrogen-bond acceptors (Lipinski definition) is 5. The molecule has 0 saturated carbocycles. The molecule has 138 valence electrons. The van der Waals surface area contributed by atoms with Crippen molar-refractivity contribution >= 4 is 22.7 Å². The Morgan fingerprint density at radius 1 is 1.35 bits per heavy atom. The molecule has 1 N–H and O–H groups in total. The van der Waals surface area contributed by atoms with Crippen molar-refractivity contribution in [2.75, 3.05) is 33.4 Å². The van der Waals surface area contributed by atoms with Crippen molar-refractivity contribution in [2.45, 2.75) is 19.4 Å². The Kier molecular flexibility index (Phi) is 5.62. The molecule has 1 aromatic heterocycles. The van der Waals surface area contributed by atoms with E-state index in [0.717, 1.165) is 6.42 Å². The highest BCUT2D eigenvalue weighted by atomic mass is 16.5. The fourth-order valence-corrected chi connectivity index (χ4v) is 3.02. The Morgan fingerprint density at radius 2 is 2.15 bits per heavy atom. The lowest BCUT2D eigenvalue weighted by molar-refractivity contribution is -0.139. The van der Waals surface area contributed by atoms with Gasteiger partial charge in [0.2, 0.25) is 11.8 Å². The van der Waals surface area contributed by atoms with Crippen LogP contribution in [-0.4, -0.2) is 64.9 Å². The Bertz CT molecular complexity index is 864. The Hall–Kier alpha value is -2.74. The number of nitrogens with zero attached hydrogens (tertiary/aromatic N) is 3. The highest BCUT2D eigenvalue weighted by Gasteiger charge is 2.25. The second-order valence-corrected chi connectivity index (χ2v) is 6.26. The van der Waals surface area contributed by atoms with Gasteiger partial charge in [-0.05, 0) is 18.6 Å². The number of methoxy groups -OCH3 is 1. The Labute approximate surface area is 150 Å². The summed E-state index contributed by atoms with van der Waals surface area (Å²) in [5.41, 5.74) is 0.347. The topological polar surface area (TPSA) is 95.6 Å². The van der Waals surface area contributed by atoms with Gasteiger partial charge in [0.1, 0.15) is 5.82 Å². The minimum Gasteiger partial charge on any atom is -0.383 e. The normalized spacial score (nSPS) is 14.2. The second-order valence-electron chi connectivity index (χ2n) is 6.26. The number of nitrogens with one attached hydrogen (secondary N) is 1. The van der Waals surface area contributed by atoms with Crippen LogP contribution in [0.1, 0.15) is 18.7 Å². The van der Waals surface area contributed by atoms with E-state index in [1.807, 2.05) is 6.07 Å². The Balaban J connectivity index is 1.78. The summed E-state index contributed by atoms with van der Waals surface area (Å²) in [7, 11) is 1.56. The molecule has 8 nitrogen and oxygen atoms in total. The lowest BCUT2D eigenvalue weighted by Gasteiger charge is -2.25. The summed E-state index contributed by atoms with van der Waals surface area (Å²) >= 11 is 0. The van der Waals surface area contributed by atoms with Crippen LogP contribution >= 0.6 is 0 Å². The largest absolute Gasteiger partial charge is 0.383 e. The minimum absolute atomic E-state index is 0.00211. The molecule has 0 atom stereocenters. The monoisotopic (exact) mass is 358 g/mol. The van der Waals surface area contributed by atoms with Gasteiger partial charge < -0.3 is 19.5 Å². The number of benzene rings is 1. The van der Waals surface area contributed by atoms with Crippen LogP contribution in [0.4, 0.5) is 0 Å². The molecule has 8 heteroatoms. The molecule has 1 aromatic carbocycles. The first-order valence-corrected chi connectivity index (χ1v) is 8.61. The van der Waals surface area contributed by atoms with E-state index in [0.29, 0.717) is 42.8 Å². The van der Waals surface area contributed by atoms with Crippen LogP contribution < -0.4 is 5.56 Å². The number of aromatic amines is 1. The molecule has 0 unspecified atom stereocenters. The quantitative estimate of drug-likeness (QED) is 0.778. The van der Waals surface area contributed by atoms with E-state index in [4.69, 9.17) is 4.74 Å². The summed E-state index contributed by atoms with van der Waals surface area (Å²) in [6.07, 6.45) is 1.27. The molecule has 1 fully saturated rings. The molecule has 1 aliphatic heterocycles. The average molecular weight is 358 g/mol. The van der Waals surface area contributed by atoms with Crippen LogP contribution in [0.2, 0.25) is 0 Å². The molecule has 1 saturated heterocycles. The number of likely N-dealkylation sites (tertiary alicyclic amines) is 1. The molecular formula is C18H22N4O4. The van der Waals surface area contributed by atoms with Gasteiger partial charge in [-0.3, -0.25) is 14.4 Å². The van der Waals surface area contributed by atoms with Crippen LogP contribution in [-0.2, 0) is 20.9 Å². The lowest BCUT2D eigenvalue weighted by Crippen LogP contribution is -2.42. The van der Waals surface area contributed by atoms with Crippen molar-refractivity contribution in [2.24, 2.45) is 0 Å². The number of carbonyl (C=O) groups is 2. The average Bonchev–Trinajstić information content (AvgIpc) is 3.03. The van der Waals surface area contributed by atoms with Crippen LogP contribution in [0.5, 0.6) is 0 Å². The SMILES string of the molecule is COCCN(Cc1nc2ccccc2c(=O)[nH]1)C(=O)CN1CCCC1=O. The van der Waals surface area contributed by atoms with E-state index < -0.39 is 0 Å². The van der Waals surface area contributed by atoms with Gasteiger partial charge in [0.15, 0.2) is 0 Å². The van der Waals surface area contributed by atoms with E-state index in [2.05, 4.69) is 9.97 Å². The predicted molar refractivity (Wildman–Crippen MR) is 95.5 cm³/mol. The number of fused-ring (bicyclic) bond motifs is 1. The van der Waals surface area contributed by atoms with Crippen LogP contribution in [0.15, 0.2) is 29.1 Å². The van der Waals surface area contributed by atoms with Gasteiger partial charge in [0.25, 0.3) is 5.56 Å². The van der Waals surface area contributed by atoms with Crippen molar-refractivity contribution in [3.8, 4) is 0 Å². The number of rotatable bonds is 7. The van der Waals surface area contributed by atoms with Crippen molar-refractivity contribution in [1.82, 2.24) is 19.8 Å². The first kappa shape index (κ1) is 18.1. The number of H-pyrrole nitrogens is 1. The predicted octanol–water partition coefficient (Wildman–Crippen LogP) is 0.520. The number of para-hydroxylation sites is 1. The highest BCUT2D eigenvalue weighted by molar-refractivity contribution is 5.86. The fraction of sp³-hybridized carbons (Fsp3) is 0.444. The van der Waals surface area contributed by atoms with Crippen molar-refractivity contribution in [3.05, 3.63) is 40.4 Å². The van der Waals surface area contributed by atoms with E-state index in [-0.39, 0.29) is 30.5 Å². The van der Waals surface area contributed by atoms with E-state index >= 15 is 0 Å². The summed E-state index contributed by atoms with van der Waals surface area (Å²) in [5, 5.41) is 0.508. The molecule has 2 aromatic rings. The van der Waals surface area contributed by atoms with E-state index in [1.54, 1.807) is 35.1 Å². The number of carbonyl (C=O) groups excluding carboxylic acids is 2. The first-order chi connectivity index (χ1) is 12.6. The van der Waals surface area contributed by atoms with Gasteiger partial charge in [-0.25, -0.2) is 4.98 Å². The van der Waals surface area contributed by atoms with Gasteiger partial charge >= 0.3 is 0 Å².